The number of rotatable bonds is 11. The number of anilines is 1. The largest absolute Gasteiger partial charge is 0.496 e. The van der Waals surface area contributed by atoms with Gasteiger partial charge in [0.2, 0.25) is 0 Å². The van der Waals surface area contributed by atoms with Crippen molar-refractivity contribution in [3.8, 4) is 5.75 Å². The van der Waals surface area contributed by atoms with Gasteiger partial charge in [0.05, 0.1) is 24.6 Å². The van der Waals surface area contributed by atoms with Crippen LogP contribution in [-0.2, 0) is 15.7 Å². The number of halogens is 4. The molecule has 0 heterocycles. The third kappa shape index (κ3) is 7.59. The van der Waals surface area contributed by atoms with E-state index in [0.717, 1.165) is 6.07 Å². The minimum Gasteiger partial charge on any atom is -0.496 e. The van der Waals surface area contributed by atoms with E-state index in [-0.39, 0.29) is 36.7 Å². The summed E-state index contributed by atoms with van der Waals surface area (Å²) in [7, 11) is 2.84. The highest BCUT2D eigenvalue weighted by Gasteiger charge is 2.35. The lowest BCUT2D eigenvalue weighted by Crippen LogP contribution is -2.32. The molecule has 2 aromatic carbocycles. The number of amides is 1. The molecule has 2 aromatic rings. The molecule has 3 N–H and O–H groups in total. The third-order valence-corrected chi connectivity index (χ3v) is 6.84. The number of methoxy groups -OCH3 is 2. The van der Waals surface area contributed by atoms with Crippen molar-refractivity contribution in [1.82, 2.24) is 5.32 Å². The van der Waals surface area contributed by atoms with E-state index in [2.05, 4.69) is 10.6 Å². The van der Waals surface area contributed by atoms with Crippen molar-refractivity contribution in [2.45, 2.75) is 44.3 Å². The molecule has 0 aromatic heterocycles. The Bertz CT molecular complexity index is 1120. The predicted molar refractivity (Wildman–Crippen MR) is 133 cm³/mol. The Hall–Kier alpha value is -3.34. The maximum absolute atomic E-state index is 14.1. The number of nitrogens with one attached hydrogen (secondary N) is 2. The van der Waals surface area contributed by atoms with Gasteiger partial charge in [-0.25, -0.2) is 4.39 Å². The van der Waals surface area contributed by atoms with Crippen molar-refractivity contribution in [2.24, 2.45) is 11.8 Å². The van der Waals surface area contributed by atoms with E-state index < -0.39 is 41.4 Å². The van der Waals surface area contributed by atoms with E-state index in [9.17, 15) is 27.2 Å². The average molecular weight is 541 g/mol. The number of alkyl halides is 3. The summed E-state index contributed by atoms with van der Waals surface area (Å²) < 4.78 is 66.6. The van der Waals surface area contributed by atoms with Crippen LogP contribution in [0.1, 0.15) is 59.6 Å². The highest BCUT2D eigenvalue weighted by molar-refractivity contribution is 5.95. The molecule has 3 rings (SSSR count). The molecule has 0 radical (unpaired) electrons. The molecule has 38 heavy (non-hydrogen) atoms. The first-order valence-electron chi connectivity index (χ1n) is 12.3. The molecule has 1 saturated carbocycles. The second-order valence-corrected chi connectivity index (χ2v) is 9.39. The summed E-state index contributed by atoms with van der Waals surface area (Å²) in [6, 6.07) is 6.29. The maximum Gasteiger partial charge on any atom is 0.418 e. The third-order valence-electron chi connectivity index (χ3n) is 6.84. The van der Waals surface area contributed by atoms with Gasteiger partial charge in [-0.3, -0.25) is 9.59 Å². The Morgan fingerprint density at radius 1 is 1.08 bits per heavy atom. The Labute approximate surface area is 218 Å². The molecule has 1 amide bonds. The number of hydrogen-bond donors (Lipinski definition) is 3. The molecule has 0 spiro atoms. The van der Waals surface area contributed by atoms with E-state index in [4.69, 9.17) is 14.6 Å². The summed E-state index contributed by atoms with van der Waals surface area (Å²) in [4.78, 5) is 23.8. The molecule has 11 heteroatoms. The number of carbonyl (C=O) groups excluding carboxylic acids is 1. The molecule has 1 aliphatic carbocycles. The number of carbonyl (C=O) groups is 2. The van der Waals surface area contributed by atoms with Crippen molar-refractivity contribution < 1.29 is 41.7 Å². The molecule has 0 saturated heterocycles. The highest BCUT2D eigenvalue weighted by atomic mass is 19.4. The predicted octanol–water partition coefficient (Wildman–Crippen LogP) is 5.66. The van der Waals surface area contributed by atoms with Crippen molar-refractivity contribution in [2.75, 3.05) is 32.7 Å². The van der Waals surface area contributed by atoms with Gasteiger partial charge in [-0.15, -0.1) is 0 Å². The topological polar surface area (TPSA) is 96.9 Å². The first-order chi connectivity index (χ1) is 18.0. The number of carboxylic acid groups (broad SMARTS) is 1. The first kappa shape index (κ1) is 29.2. The zero-order chi connectivity index (χ0) is 27.9. The molecule has 1 aliphatic rings. The summed E-state index contributed by atoms with van der Waals surface area (Å²) in [5.74, 6) is -2.06. The van der Waals surface area contributed by atoms with E-state index >= 15 is 0 Å². The molecule has 0 aliphatic heterocycles. The number of carboxylic acids is 1. The fraction of sp³-hybridized carbons (Fsp3) is 0.481. The summed E-state index contributed by atoms with van der Waals surface area (Å²) in [6.07, 6.45) is -2.28. The molecular weight excluding hydrogens is 508 g/mol. The van der Waals surface area contributed by atoms with E-state index in [1.807, 2.05) is 0 Å². The summed E-state index contributed by atoms with van der Waals surface area (Å²) in [6.45, 7) is 0.443. The van der Waals surface area contributed by atoms with E-state index in [0.29, 0.717) is 37.0 Å². The zero-order valence-electron chi connectivity index (χ0n) is 21.2. The minimum atomic E-state index is -4.77. The van der Waals surface area contributed by atoms with Gasteiger partial charge in [-0.2, -0.15) is 13.2 Å². The van der Waals surface area contributed by atoms with Crippen LogP contribution in [0, 0.1) is 17.7 Å². The second-order valence-electron chi connectivity index (χ2n) is 9.39. The smallest absolute Gasteiger partial charge is 0.418 e. The quantitative estimate of drug-likeness (QED) is 0.318. The van der Waals surface area contributed by atoms with Crippen molar-refractivity contribution in [1.29, 1.82) is 0 Å². The zero-order valence-corrected chi connectivity index (χ0v) is 21.2. The van der Waals surface area contributed by atoms with Crippen LogP contribution in [0.4, 0.5) is 23.2 Å². The average Bonchev–Trinajstić information content (AvgIpc) is 2.89. The van der Waals surface area contributed by atoms with Crippen molar-refractivity contribution >= 4 is 17.6 Å². The number of hydrogen-bond acceptors (Lipinski definition) is 5. The SMILES string of the molecule is COCCC(Nc1ccc(C(=O)NCC2CCC(C(=O)O)CC2)cc1C(F)(F)F)c1cc(F)ccc1OC. The Balaban J connectivity index is 1.79. The van der Waals surface area contributed by atoms with Gasteiger partial charge in [0.1, 0.15) is 11.6 Å². The lowest BCUT2D eigenvalue weighted by atomic mass is 9.82. The van der Waals surface area contributed by atoms with Crippen LogP contribution in [-0.4, -0.2) is 44.4 Å². The van der Waals surface area contributed by atoms with Crippen LogP contribution in [0.25, 0.3) is 0 Å². The standard InChI is InChI=1S/C27H32F4N2O5/c1-37-12-11-22(20-14-19(28)8-10-24(20)38-2)33-23-9-7-18(13-21(23)27(29,30)31)25(34)32-15-16-3-5-17(6-4-16)26(35)36/h7-10,13-14,16-17,22,33H,3-6,11-12,15H2,1-2H3,(H,32,34)(H,35,36). The molecule has 1 unspecified atom stereocenters. The van der Waals surface area contributed by atoms with Crippen LogP contribution in [0.15, 0.2) is 36.4 Å². The van der Waals surface area contributed by atoms with Gasteiger partial charge in [0.15, 0.2) is 0 Å². The second kappa shape index (κ2) is 12.9. The van der Waals surface area contributed by atoms with Gasteiger partial charge >= 0.3 is 12.1 Å². The van der Waals surface area contributed by atoms with Crippen LogP contribution in [0.2, 0.25) is 0 Å². The summed E-state index contributed by atoms with van der Waals surface area (Å²) in [5.41, 5.74) is -1.13. The molecule has 7 nitrogen and oxygen atoms in total. The van der Waals surface area contributed by atoms with E-state index in [1.54, 1.807) is 0 Å². The van der Waals surface area contributed by atoms with Crippen LogP contribution in [0.5, 0.6) is 5.75 Å². The van der Waals surface area contributed by atoms with Crippen LogP contribution in [0.3, 0.4) is 0 Å². The van der Waals surface area contributed by atoms with Gasteiger partial charge in [0, 0.05) is 37.1 Å². The summed E-state index contributed by atoms with van der Waals surface area (Å²) in [5, 5.41) is 14.6. The minimum absolute atomic E-state index is 0.0698. The van der Waals surface area contributed by atoms with Gasteiger partial charge < -0.3 is 25.2 Å². The Morgan fingerprint density at radius 3 is 2.39 bits per heavy atom. The number of ether oxygens (including phenoxy) is 2. The lowest BCUT2D eigenvalue weighted by Gasteiger charge is -2.26. The van der Waals surface area contributed by atoms with Gasteiger partial charge in [-0.05, 0) is 74.4 Å². The number of aliphatic carboxylic acids is 1. The van der Waals surface area contributed by atoms with E-state index in [1.165, 1.54) is 44.6 Å². The molecular formula is C27H32F4N2O5. The molecule has 0 bridgehead atoms. The Morgan fingerprint density at radius 2 is 1.79 bits per heavy atom. The van der Waals surface area contributed by atoms with Crippen LogP contribution < -0.4 is 15.4 Å². The Kier molecular flexibility index (Phi) is 9.96. The molecule has 1 atom stereocenters. The van der Waals surface area contributed by atoms with Gasteiger partial charge in [-0.1, -0.05) is 0 Å². The maximum atomic E-state index is 14.1. The van der Waals surface area contributed by atoms with Gasteiger partial charge in [0.25, 0.3) is 5.91 Å². The fourth-order valence-corrected chi connectivity index (χ4v) is 4.70. The monoisotopic (exact) mass is 540 g/mol. The highest BCUT2D eigenvalue weighted by Crippen LogP contribution is 2.39. The molecule has 1 fully saturated rings. The fourth-order valence-electron chi connectivity index (χ4n) is 4.70. The lowest BCUT2D eigenvalue weighted by molar-refractivity contribution is -0.143. The number of benzene rings is 2. The summed E-state index contributed by atoms with van der Waals surface area (Å²) >= 11 is 0. The van der Waals surface area contributed by atoms with Crippen molar-refractivity contribution in [3.63, 3.8) is 0 Å². The van der Waals surface area contributed by atoms with Crippen molar-refractivity contribution in [3.05, 3.63) is 58.9 Å². The first-order valence-corrected chi connectivity index (χ1v) is 12.3. The van der Waals surface area contributed by atoms with Crippen LogP contribution >= 0.6 is 0 Å². The normalized spacial score (nSPS) is 18.5. The molecule has 208 valence electrons.